The molecule has 0 aromatic heterocycles. The van der Waals surface area contributed by atoms with Gasteiger partial charge in [-0.05, 0) is 41.6 Å². The molecule has 5 nitrogen and oxygen atoms in total. The van der Waals surface area contributed by atoms with E-state index in [2.05, 4.69) is 33.4 Å². The van der Waals surface area contributed by atoms with E-state index in [1.54, 1.807) is 6.07 Å². The van der Waals surface area contributed by atoms with E-state index < -0.39 is 0 Å². The van der Waals surface area contributed by atoms with Crippen molar-refractivity contribution in [2.24, 2.45) is 5.11 Å². The predicted molar refractivity (Wildman–Crippen MR) is 89.7 cm³/mol. The van der Waals surface area contributed by atoms with Gasteiger partial charge in [0.1, 0.15) is 0 Å². The average Bonchev–Trinajstić information content (AvgIpc) is 2.60. The van der Waals surface area contributed by atoms with Crippen LogP contribution in [0.4, 0.5) is 0 Å². The minimum atomic E-state index is -0.294. The van der Waals surface area contributed by atoms with Crippen LogP contribution >= 0.6 is 0 Å². The van der Waals surface area contributed by atoms with Crippen LogP contribution in [0.1, 0.15) is 27.0 Å². The van der Waals surface area contributed by atoms with Gasteiger partial charge in [0.05, 0.1) is 6.67 Å². The van der Waals surface area contributed by atoms with Crippen LogP contribution in [0.25, 0.3) is 10.4 Å². The van der Waals surface area contributed by atoms with Crippen molar-refractivity contribution >= 4 is 5.91 Å². The van der Waals surface area contributed by atoms with Crippen LogP contribution in [0.5, 0.6) is 0 Å². The highest BCUT2D eigenvalue weighted by molar-refractivity contribution is 5.96. The summed E-state index contributed by atoms with van der Waals surface area (Å²) in [6.45, 7) is -0.0895. The van der Waals surface area contributed by atoms with Crippen LogP contribution < -0.4 is 5.32 Å². The zero-order chi connectivity index (χ0) is 16.5. The Kier molecular flexibility index (Phi) is 5.81. The number of nitrogens with one attached hydrogen (secondary N) is 1. The molecule has 1 N–H and O–H groups in total. The molecule has 0 aliphatic carbocycles. The van der Waals surface area contributed by atoms with Crippen LogP contribution in [0.2, 0.25) is 0 Å². The summed E-state index contributed by atoms with van der Waals surface area (Å²) in [6, 6.07) is 15.4. The number of benzene rings is 2. The summed E-state index contributed by atoms with van der Waals surface area (Å²) in [7, 11) is 0. The van der Waals surface area contributed by atoms with Crippen molar-refractivity contribution in [2.75, 3.05) is 6.67 Å². The Morgan fingerprint density at radius 2 is 2.00 bits per heavy atom. The number of aryl methyl sites for hydroxylation is 2. The fraction of sp³-hybridized carbons (Fsp3) is 0.167. The Hall–Kier alpha value is -3.22. The topological polar surface area (TPSA) is 77.9 Å². The number of terminal acetylenes is 1. The smallest absolute Gasteiger partial charge is 0.251 e. The van der Waals surface area contributed by atoms with Gasteiger partial charge in [0.2, 0.25) is 0 Å². The van der Waals surface area contributed by atoms with Gasteiger partial charge in [-0.2, -0.15) is 0 Å². The molecular weight excluding hydrogens is 288 g/mol. The summed E-state index contributed by atoms with van der Waals surface area (Å²) in [6.07, 6.45) is 6.95. The lowest BCUT2D eigenvalue weighted by Crippen LogP contribution is -2.24. The van der Waals surface area contributed by atoms with E-state index in [0.29, 0.717) is 11.1 Å². The summed E-state index contributed by atoms with van der Waals surface area (Å²) in [4.78, 5) is 14.9. The van der Waals surface area contributed by atoms with Crippen molar-refractivity contribution < 1.29 is 4.79 Å². The summed E-state index contributed by atoms with van der Waals surface area (Å²) < 4.78 is 0. The molecule has 1 amide bonds. The van der Waals surface area contributed by atoms with Gasteiger partial charge in [0, 0.05) is 16.0 Å². The highest BCUT2D eigenvalue weighted by atomic mass is 16.1. The van der Waals surface area contributed by atoms with E-state index in [1.165, 1.54) is 5.56 Å². The lowest BCUT2D eigenvalue weighted by atomic mass is 9.97. The third-order valence-electron chi connectivity index (χ3n) is 3.42. The van der Waals surface area contributed by atoms with Crippen LogP contribution in [0, 0.1) is 12.3 Å². The van der Waals surface area contributed by atoms with Gasteiger partial charge in [0.15, 0.2) is 0 Å². The van der Waals surface area contributed by atoms with E-state index in [-0.39, 0.29) is 12.6 Å². The number of carbonyl (C=O) groups is 1. The predicted octanol–water partition coefficient (Wildman–Crippen LogP) is 3.45. The van der Waals surface area contributed by atoms with Crippen molar-refractivity contribution in [1.82, 2.24) is 5.32 Å². The molecule has 0 saturated heterocycles. The van der Waals surface area contributed by atoms with Crippen LogP contribution in [-0.2, 0) is 12.8 Å². The second-order valence-electron chi connectivity index (χ2n) is 4.90. The first-order valence-corrected chi connectivity index (χ1v) is 7.17. The highest BCUT2D eigenvalue weighted by Crippen LogP contribution is 2.15. The molecule has 0 spiro atoms. The van der Waals surface area contributed by atoms with Crippen molar-refractivity contribution in [3.8, 4) is 12.3 Å². The lowest BCUT2D eigenvalue weighted by Gasteiger charge is -2.10. The number of amides is 1. The first kappa shape index (κ1) is 16.2. The first-order chi connectivity index (χ1) is 11.2. The molecule has 0 radical (unpaired) electrons. The normalized spacial score (nSPS) is 9.52. The van der Waals surface area contributed by atoms with E-state index in [1.807, 2.05) is 30.3 Å². The first-order valence-electron chi connectivity index (χ1n) is 7.17. The fourth-order valence-electron chi connectivity index (χ4n) is 2.25. The molecule has 2 aromatic carbocycles. The maximum absolute atomic E-state index is 12.3. The average molecular weight is 304 g/mol. The quantitative estimate of drug-likeness (QED) is 0.377. The molecule has 114 valence electrons. The van der Waals surface area contributed by atoms with Crippen LogP contribution in [0.3, 0.4) is 0 Å². The highest BCUT2D eigenvalue weighted by Gasteiger charge is 2.11. The molecule has 0 atom stereocenters. The zero-order valence-corrected chi connectivity index (χ0v) is 12.6. The van der Waals surface area contributed by atoms with Gasteiger partial charge in [0.25, 0.3) is 5.91 Å². The summed E-state index contributed by atoms with van der Waals surface area (Å²) in [5, 5.41) is 5.87. The Morgan fingerprint density at radius 3 is 2.70 bits per heavy atom. The Balaban J connectivity index is 2.19. The van der Waals surface area contributed by atoms with Gasteiger partial charge in [-0.15, -0.1) is 6.42 Å². The number of nitrogens with zero attached hydrogens (tertiary/aromatic N) is 3. The molecule has 2 rings (SSSR count). The van der Waals surface area contributed by atoms with E-state index >= 15 is 0 Å². The Bertz CT molecular complexity index is 771. The van der Waals surface area contributed by atoms with Gasteiger partial charge >= 0.3 is 0 Å². The minimum absolute atomic E-state index is 0.0895. The molecule has 2 aromatic rings. The number of hydrogen-bond donors (Lipinski definition) is 1. The Labute approximate surface area is 135 Å². The number of rotatable bonds is 6. The van der Waals surface area contributed by atoms with E-state index in [9.17, 15) is 4.79 Å². The van der Waals surface area contributed by atoms with Gasteiger partial charge in [-0.25, -0.2) is 0 Å². The SMILES string of the molecule is C#Cc1ccc(CCc2ccccc2)c(C(=O)NCN=[N+]=[N-])c1. The van der Waals surface area contributed by atoms with Crippen molar-refractivity contribution in [1.29, 1.82) is 0 Å². The summed E-state index contributed by atoms with van der Waals surface area (Å²) in [5.41, 5.74) is 11.5. The van der Waals surface area contributed by atoms with Gasteiger partial charge < -0.3 is 5.32 Å². The van der Waals surface area contributed by atoms with Crippen LogP contribution in [-0.4, -0.2) is 12.6 Å². The Morgan fingerprint density at radius 1 is 1.22 bits per heavy atom. The number of hydrogen-bond acceptors (Lipinski definition) is 2. The van der Waals surface area contributed by atoms with Crippen molar-refractivity contribution in [3.05, 3.63) is 81.2 Å². The molecule has 0 bridgehead atoms. The molecule has 0 fully saturated rings. The fourth-order valence-corrected chi connectivity index (χ4v) is 2.25. The standard InChI is InChI=1S/C18H16N4O/c1-2-14-8-10-16(11-9-15-6-4-3-5-7-15)17(12-14)18(23)20-13-21-22-19/h1,3-8,10,12H,9,11,13H2,(H,20,23). The second kappa shape index (κ2) is 8.28. The monoisotopic (exact) mass is 304 g/mol. The van der Waals surface area contributed by atoms with Crippen molar-refractivity contribution in [3.63, 3.8) is 0 Å². The number of azide groups is 1. The molecule has 0 aliphatic heterocycles. The maximum atomic E-state index is 12.3. The third kappa shape index (κ3) is 4.63. The van der Waals surface area contributed by atoms with Gasteiger partial charge in [-0.1, -0.05) is 47.4 Å². The summed E-state index contributed by atoms with van der Waals surface area (Å²) in [5.74, 6) is 2.23. The van der Waals surface area contributed by atoms with E-state index in [0.717, 1.165) is 18.4 Å². The second-order valence-corrected chi connectivity index (χ2v) is 4.90. The van der Waals surface area contributed by atoms with Crippen molar-refractivity contribution in [2.45, 2.75) is 12.8 Å². The summed E-state index contributed by atoms with van der Waals surface area (Å²) >= 11 is 0. The largest absolute Gasteiger partial charge is 0.346 e. The maximum Gasteiger partial charge on any atom is 0.251 e. The molecule has 0 heterocycles. The zero-order valence-electron chi connectivity index (χ0n) is 12.6. The molecule has 0 unspecified atom stereocenters. The molecule has 0 saturated carbocycles. The molecule has 5 heteroatoms. The molecule has 23 heavy (non-hydrogen) atoms. The number of carbonyl (C=O) groups excluding carboxylic acids is 1. The third-order valence-corrected chi connectivity index (χ3v) is 3.42. The van der Waals surface area contributed by atoms with Crippen LogP contribution in [0.15, 0.2) is 53.6 Å². The minimum Gasteiger partial charge on any atom is -0.346 e. The van der Waals surface area contributed by atoms with Gasteiger partial charge in [-0.3, -0.25) is 4.79 Å². The van der Waals surface area contributed by atoms with E-state index in [4.69, 9.17) is 12.0 Å². The lowest BCUT2D eigenvalue weighted by molar-refractivity contribution is 0.0954. The molecular formula is C18H16N4O. The molecule has 0 aliphatic rings.